The first-order valence-electron chi connectivity index (χ1n) is 9.85. The third-order valence-electron chi connectivity index (χ3n) is 5.59. The Kier molecular flexibility index (Phi) is 5.85. The van der Waals surface area contributed by atoms with Crippen molar-refractivity contribution < 1.29 is 9.52 Å². The molecule has 2 atom stereocenters. The van der Waals surface area contributed by atoms with Crippen molar-refractivity contribution in [2.75, 3.05) is 19.6 Å². The highest BCUT2D eigenvalue weighted by atomic mass is 35.5. The van der Waals surface area contributed by atoms with Gasteiger partial charge in [0.05, 0.1) is 11.6 Å². The molecule has 0 aliphatic carbocycles. The fraction of sp³-hybridized carbons (Fsp3) is 0.409. The van der Waals surface area contributed by atoms with Gasteiger partial charge in [-0.15, -0.1) is 0 Å². The number of aliphatic hydroxyl groups is 1. The molecule has 5 nitrogen and oxygen atoms in total. The average molecular weight is 401 g/mol. The number of hydrogen-bond donors (Lipinski definition) is 2. The molecule has 1 aliphatic rings. The number of oxazole rings is 1. The zero-order valence-electron chi connectivity index (χ0n) is 15.7. The molecule has 1 fully saturated rings. The van der Waals surface area contributed by atoms with Crippen LogP contribution in [-0.4, -0.2) is 34.6 Å². The Morgan fingerprint density at radius 1 is 1.29 bits per heavy atom. The number of fused-ring (bicyclic) bond motifs is 1. The van der Waals surface area contributed by atoms with Crippen molar-refractivity contribution in [1.29, 1.82) is 0 Å². The van der Waals surface area contributed by atoms with Crippen molar-refractivity contribution in [2.24, 2.45) is 5.92 Å². The second-order valence-electron chi connectivity index (χ2n) is 7.69. The molecule has 2 heterocycles. The minimum absolute atomic E-state index is 0.421. The van der Waals surface area contributed by atoms with Crippen LogP contribution in [-0.2, 0) is 6.42 Å². The van der Waals surface area contributed by atoms with Gasteiger partial charge in [0.25, 0.3) is 0 Å². The van der Waals surface area contributed by atoms with Crippen molar-refractivity contribution in [3.8, 4) is 0 Å². The molecule has 2 N–H and O–H groups in total. The topological polar surface area (TPSA) is 69.5 Å². The molecule has 0 spiro atoms. The fourth-order valence-electron chi connectivity index (χ4n) is 4.17. The molecule has 1 aliphatic heterocycles. The van der Waals surface area contributed by atoms with E-state index in [-0.39, 0.29) is 0 Å². The summed E-state index contributed by atoms with van der Waals surface area (Å²) in [5, 5.41) is 11.1. The van der Waals surface area contributed by atoms with Crippen LogP contribution in [0.5, 0.6) is 0 Å². The lowest BCUT2D eigenvalue weighted by Crippen LogP contribution is -2.37. The highest BCUT2D eigenvalue weighted by molar-refractivity contribution is 6.32. The maximum atomic E-state index is 11.3. The Bertz CT molecular complexity index is 982. The van der Waals surface area contributed by atoms with Crippen LogP contribution in [0.25, 0.3) is 11.1 Å². The first-order valence-corrected chi connectivity index (χ1v) is 10.2. The number of aromatic nitrogens is 1. The first-order chi connectivity index (χ1) is 13.6. The van der Waals surface area contributed by atoms with E-state index in [4.69, 9.17) is 16.0 Å². The molecule has 0 amide bonds. The van der Waals surface area contributed by atoms with Gasteiger partial charge in [-0.25, -0.2) is 4.79 Å². The summed E-state index contributed by atoms with van der Waals surface area (Å²) in [6.45, 7) is 2.94. The molecule has 1 unspecified atom stereocenters. The molecular weight excluding hydrogens is 376 g/mol. The summed E-state index contributed by atoms with van der Waals surface area (Å²) in [7, 11) is 0. The van der Waals surface area contributed by atoms with Crippen molar-refractivity contribution in [3.63, 3.8) is 0 Å². The van der Waals surface area contributed by atoms with E-state index in [1.165, 1.54) is 18.4 Å². The third-order valence-corrected chi connectivity index (χ3v) is 5.91. The number of piperidine rings is 1. The van der Waals surface area contributed by atoms with Crippen LogP contribution in [0.2, 0.25) is 5.02 Å². The number of likely N-dealkylation sites (tertiary alicyclic amines) is 1. The number of H-pyrrole nitrogens is 1. The van der Waals surface area contributed by atoms with Gasteiger partial charge in [0, 0.05) is 23.7 Å². The van der Waals surface area contributed by atoms with Crippen molar-refractivity contribution in [2.45, 2.75) is 31.8 Å². The maximum Gasteiger partial charge on any atom is 0.417 e. The second kappa shape index (κ2) is 8.52. The quantitative estimate of drug-likeness (QED) is 0.652. The molecule has 2 aromatic carbocycles. The van der Waals surface area contributed by atoms with E-state index < -0.39 is 11.9 Å². The Morgan fingerprint density at radius 2 is 2.11 bits per heavy atom. The standard InChI is InChI=1S/C22H25ClN2O3/c23-18-13-19-21(28-22(27)24-19)12-17(18)20(26)8-10-25-9-4-7-16(14-25)11-15-5-2-1-3-6-15/h1-3,5-6,12-13,16,20,26H,4,7-11,14H2,(H,24,27)/t16-,20?/m0/s1. The average Bonchev–Trinajstić information content (AvgIpc) is 3.05. The van der Waals surface area contributed by atoms with E-state index in [0.717, 1.165) is 26.1 Å². The van der Waals surface area contributed by atoms with Crippen LogP contribution in [0.15, 0.2) is 51.7 Å². The van der Waals surface area contributed by atoms with Crippen molar-refractivity contribution in [1.82, 2.24) is 9.88 Å². The van der Waals surface area contributed by atoms with E-state index in [9.17, 15) is 9.90 Å². The zero-order valence-corrected chi connectivity index (χ0v) is 16.5. The molecule has 3 aromatic rings. The summed E-state index contributed by atoms with van der Waals surface area (Å²) in [6.07, 6.45) is 3.46. The molecular formula is C22H25ClN2O3. The van der Waals surface area contributed by atoms with E-state index in [1.807, 2.05) is 0 Å². The molecule has 148 valence electrons. The van der Waals surface area contributed by atoms with Gasteiger partial charge in [-0.2, -0.15) is 0 Å². The van der Waals surface area contributed by atoms with Crippen molar-refractivity contribution in [3.05, 3.63) is 69.2 Å². The highest BCUT2D eigenvalue weighted by Gasteiger charge is 2.22. The third kappa shape index (κ3) is 4.49. The lowest BCUT2D eigenvalue weighted by atomic mass is 9.91. The van der Waals surface area contributed by atoms with Gasteiger partial charge in [0.2, 0.25) is 0 Å². The van der Waals surface area contributed by atoms with Gasteiger partial charge in [0.1, 0.15) is 0 Å². The Morgan fingerprint density at radius 3 is 2.93 bits per heavy atom. The number of nitrogens with zero attached hydrogens (tertiary/aromatic N) is 1. The normalized spacial score (nSPS) is 19.1. The van der Waals surface area contributed by atoms with Crippen LogP contribution >= 0.6 is 11.6 Å². The minimum Gasteiger partial charge on any atom is -0.408 e. The molecule has 0 radical (unpaired) electrons. The van der Waals surface area contributed by atoms with Gasteiger partial charge in [-0.05, 0) is 55.8 Å². The molecule has 0 bridgehead atoms. The van der Waals surface area contributed by atoms with E-state index >= 15 is 0 Å². The van der Waals surface area contributed by atoms with Crippen LogP contribution in [0.1, 0.15) is 36.5 Å². The number of aromatic amines is 1. The number of nitrogens with one attached hydrogen (secondary N) is 1. The highest BCUT2D eigenvalue weighted by Crippen LogP contribution is 2.30. The summed E-state index contributed by atoms with van der Waals surface area (Å²) in [6, 6.07) is 13.9. The smallest absolute Gasteiger partial charge is 0.408 e. The molecule has 0 saturated carbocycles. The van der Waals surface area contributed by atoms with Crippen LogP contribution in [0, 0.1) is 5.92 Å². The molecule has 1 aromatic heterocycles. The van der Waals surface area contributed by atoms with Gasteiger partial charge < -0.3 is 14.4 Å². The summed E-state index contributed by atoms with van der Waals surface area (Å²) in [5.74, 6) is 0.137. The molecule has 6 heteroatoms. The summed E-state index contributed by atoms with van der Waals surface area (Å²) in [5.41, 5.74) is 2.97. The monoisotopic (exact) mass is 400 g/mol. The second-order valence-corrected chi connectivity index (χ2v) is 8.09. The summed E-state index contributed by atoms with van der Waals surface area (Å²) < 4.78 is 5.09. The van der Waals surface area contributed by atoms with E-state index in [0.29, 0.717) is 34.0 Å². The van der Waals surface area contributed by atoms with Crippen LogP contribution in [0.3, 0.4) is 0 Å². The predicted molar refractivity (Wildman–Crippen MR) is 111 cm³/mol. The lowest BCUT2D eigenvalue weighted by molar-refractivity contribution is 0.118. The first kappa shape index (κ1) is 19.2. The van der Waals surface area contributed by atoms with Crippen molar-refractivity contribution >= 4 is 22.7 Å². The fourth-order valence-corrected chi connectivity index (χ4v) is 4.46. The minimum atomic E-state index is -0.688. The number of rotatable bonds is 6. The number of benzene rings is 2. The summed E-state index contributed by atoms with van der Waals surface area (Å²) in [4.78, 5) is 16.4. The van der Waals surface area contributed by atoms with Gasteiger partial charge in [0.15, 0.2) is 5.58 Å². The lowest BCUT2D eigenvalue weighted by Gasteiger charge is -2.33. The number of aliphatic hydroxyl groups excluding tert-OH is 1. The van der Waals surface area contributed by atoms with Crippen LogP contribution in [0.4, 0.5) is 0 Å². The number of halogens is 1. The SMILES string of the molecule is O=c1[nH]c2cc(Cl)c(C(O)CCN3CCC[C@@H](Cc4ccccc4)C3)cc2o1. The van der Waals surface area contributed by atoms with E-state index in [2.05, 4.69) is 40.2 Å². The van der Waals surface area contributed by atoms with Crippen LogP contribution < -0.4 is 5.76 Å². The Balaban J connectivity index is 1.36. The summed E-state index contributed by atoms with van der Waals surface area (Å²) >= 11 is 6.31. The Hall–Kier alpha value is -2.08. The number of hydrogen-bond acceptors (Lipinski definition) is 4. The maximum absolute atomic E-state index is 11.3. The van der Waals surface area contributed by atoms with Gasteiger partial charge in [-0.3, -0.25) is 4.98 Å². The van der Waals surface area contributed by atoms with Gasteiger partial charge >= 0.3 is 5.76 Å². The predicted octanol–water partition coefficient (Wildman–Crippen LogP) is 4.15. The molecule has 1 saturated heterocycles. The molecule has 4 rings (SSSR count). The zero-order chi connectivity index (χ0) is 19.5. The largest absolute Gasteiger partial charge is 0.417 e. The Labute approximate surface area is 168 Å². The molecule has 28 heavy (non-hydrogen) atoms. The van der Waals surface area contributed by atoms with Gasteiger partial charge in [-0.1, -0.05) is 41.9 Å². The van der Waals surface area contributed by atoms with E-state index in [1.54, 1.807) is 12.1 Å².